The van der Waals surface area contributed by atoms with Crippen molar-refractivity contribution >= 4 is 21.6 Å². The first-order valence-corrected chi connectivity index (χ1v) is 10.6. The lowest BCUT2D eigenvalue weighted by atomic mass is 10.1. The van der Waals surface area contributed by atoms with Gasteiger partial charge in [0, 0.05) is 17.9 Å². The molecular weight excluding hydrogens is 371 g/mol. The molecule has 144 valence electrons. The maximum absolute atomic E-state index is 14.0. The van der Waals surface area contributed by atoms with Crippen LogP contribution in [0.15, 0.2) is 15.6 Å². The highest BCUT2D eigenvalue weighted by molar-refractivity contribution is 7.91. The third-order valence-electron chi connectivity index (χ3n) is 4.99. The Morgan fingerprint density at radius 2 is 1.93 bits per heavy atom. The lowest BCUT2D eigenvalue weighted by Crippen LogP contribution is -2.20. The largest absolute Gasteiger partial charge is 0.354 e. The van der Waals surface area contributed by atoms with Gasteiger partial charge in [-0.05, 0) is 56.6 Å². The zero-order chi connectivity index (χ0) is 19.2. The van der Waals surface area contributed by atoms with E-state index in [1.807, 2.05) is 0 Å². The van der Waals surface area contributed by atoms with Crippen molar-refractivity contribution in [2.75, 3.05) is 5.32 Å². The zero-order valence-electron chi connectivity index (χ0n) is 15.0. The Labute approximate surface area is 156 Å². The van der Waals surface area contributed by atoms with Crippen molar-refractivity contribution in [2.45, 2.75) is 57.0 Å². The average Bonchev–Trinajstić information content (AvgIpc) is 3.32. The second-order valence-corrected chi connectivity index (χ2v) is 8.48. The number of anilines is 1. The number of fused-ring (bicyclic) bond motifs is 2. The number of nitrogens with zero attached hydrogens (tertiary/aromatic N) is 4. The number of hydrogen-bond acceptors (Lipinski definition) is 4. The molecule has 0 aromatic carbocycles. The molecule has 0 radical (unpaired) electrons. The molecular formula is C17H21FN6O2S. The predicted molar refractivity (Wildman–Crippen MR) is 98.2 cm³/mol. The summed E-state index contributed by atoms with van der Waals surface area (Å²) < 4.78 is 31.4. The molecule has 0 saturated heterocycles. The lowest BCUT2D eigenvalue weighted by Gasteiger charge is -2.14. The number of pyridine rings is 1. The summed E-state index contributed by atoms with van der Waals surface area (Å²) in [6, 6.07) is -0.859. The molecule has 2 aromatic heterocycles. The number of aromatic nitrogens is 3. The van der Waals surface area contributed by atoms with Gasteiger partial charge in [0.05, 0.1) is 11.9 Å². The van der Waals surface area contributed by atoms with Crippen molar-refractivity contribution in [2.24, 2.45) is 9.50 Å². The molecule has 0 spiro atoms. The minimum atomic E-state index is -3.79. The first-order chi connectivity index (χ1) is 12.9. The van der Waals surface area contributed by atoms with Gasteiger partial charge in [0.25, 0.3) is 0 Å². The van der Waals surface area contributed by atoms with Gasteiger partial charge in [0.1, 0.15) is 0 Å². The molecule has 8 nitrogen and oxygen atoms in total. The fourth-order valence-electron chi connectivity index (χ4n) is 3.77. The van der Waals surface area contributed by atoms with Gasteiger partial charge in [-0.25, -0.2) is 18.5 Å². The topological polar surface area (TPSA) is 115 Å². The molecule has 27 heavy (non-hydrogen) atoms. The van der Waals surface area contributed by atoms with E-state index in [0.29, 0.717) is 12.2 Å². The molecule has 1 atom stereocenters. The Balaban J connectivity index is 1.68. The molecule has 3 N–H and O–H groups in total. The molecule has 2 amide bonds. The van der Waals surface area contributed by atoms with E-state index in [-0.39, 0.29) is 0 Å². The van der Waals surface area contributed by atoms with Gasteiger partial charge in [-0.1, -0.05) is 0 Å². The average molecular weight is 392 g/mol. The van der Waals surface area contributed by atoms with Crippen molar-refractivity contribution in [1.82, 2.24) is 14.8 Å². The number of nitrogens with one attached hydrogen (secondary N) is 1. The molecule has 2 aliphatic rings. The monoisotopic (exact) mass is 392 g/mol. The number of rotatable bonds is 3. The molecule has 0 saturated carbocycles. The maximum atomic E-state index is 14.0. The van der Waals surface area contributed by atoms with Crippen molar-refractivity contribution in [1.29, 1.82) is 0 Å². The summed E-state index contributed by atoms with van der Waals surface area (Å²) in [4.78, 5) is 17.2. The van der Waals surface area contributed by atoms with Crippen molar-refractivity contribution in [3.05, 3.63) is 34.5 Å². The van der Waals surface area contributed by atoms with Crippen LogP contribution in [0.25, 0.3) is 0 Å². The molecule has 4 rings (SSSR count). The number of aryl methyl sites for hydroxylation is 3. The number of amides is 2. The van der Waals surface area contributed by atoms with Crippen LogP contribution < -0.4 is 10.5 Å². The molecule has 2 aliphatic carbocycles. The van der Waals surface area contributed by atoms with Crippen LogP contribution in [0.5, 0.6) is 0 Å². The first-order valence-electron chi connectivity index (χ1n) is 9.01. The van der Waals surface area contributed by atoms with Gasteiger partial charge in [-0.15, -0.1) is 4.36 Å². The highest BCUT2D eigenvalue weighted by Crippen LogP contribution is 2.36. The van der Waals surface area contributed by atoms with E-state index in [2.05, 4.69) is 14.8 Å². The van der Waals surface area contributed by atoms with E-state index in [9.17, 15) is 13.4 Å². The van der Waals surface area contributed by atoms with Gasteiger partial charge in [-0.2, -0.15) is 5.10 Å². The molecule has 0 bridgehead atoms. The summed E-state index contributed by atoms with van der Waals surface area (Å²) >= 11 is 0. The van der Waals surface area contributed by atoms with Crippen LogP contribution in [-0.2, 0) is 42.1 Å². The number of urea groups is 1. The van der Waals surface area contributed by atoms with Gasteiger partial charge in [0.2, 0.25) is 5.03 Å². The molecule has 2 heterocycles. The van der Waals surface area contributed by atoms with Crippen molar-refractivity contribution < 1.29 is 13.4 Å². The maximum Gasteiger partial charge on any atom is 0.354 e. The SMILES string of the molecule is CCn1cc(F)c([S@](N)(=O)=NC(=O)Nc2c3c(nc4c2CCC4)CCC3)n1. The van der Waals surface area contributed by atoms with Crippen LogP contribution in [0.2, 0.25) is 0 Å². The first kappa shape index (κ1) is 18.1. The Morgan fingerprint density at radius 1 is 1.30 bits per heavy atom. The van der Waals surface area contributed by atoms with Crippen LogP contribution in [-0.4, -0.2) is 25.0 Å². The number of carbonyl (C=O) groups is 1. The number of nitrogens with two attached hydrogens (primary N) is 1. The number of carbonyl (C=O) groups excluding carboxylic acids is 1. The van der Waals surface area contributed by atoms with E-state index >= 15 is 0 Å². The van der Waals surface area contributed by atoms with E-state index in [1.165, 1.54) is 4.68 Å². The second-order valence-electron chi connectivity index (χ2n) is 6.77. The van der Waals surface area contributed by atoms with Crippen LogP contribution >= 0.6 is 0 Å². The quantitative estimate of drug-likeness (QED) is 0.834. The van der Waals surface area contributed by atoms with Crippen molar-refractivity contribution in [3.63, 3.8) is 0 Å². The van der Waals surface area contributed by atoms with Gasteiger partial charge in [0.15, 0.2) is 15.7 Å². The molecule has 0 aliphatic heterocycles. The molecule has 2 aromatic rings. The fraction of sp³-hybridized carbons (Fsp3) is 0.471. The Hall–Kier alpha value is -2.33. The summed E-state index contributed by atoms with van der Waals surface area (Å²) in [5.41, 5.74) is 4.76. The second kappa shape index (κ2) is 6.68. The minimum absolute atomic E-state index is 0.383. The summed E-state index contributed by atoms with van der Waals surface area (Å²) in [6.07, 6.45) is 6.48. The highest BCUT2D eigenvalue weighted by atomic mass is 32.2. The van der Waals surface area contributed by atoms with E-state index < -0.39 is 26.8 Å². The zero-order valence-corrected chi connectivity index (χ0v) is 15.8. The van der Waals surface area contributed by atoms with E-state index in [0.717, 1.165) is 67.2 Å². The summed E-state index contributed by atoms with van der Waals surface area (Å²) in [5, 5.41) is 11.7. The van der Waals surface area contributed by atoms with Crippen LogP contribution in [0.1, 0.15) is 42.3 Å². The standard InChI is InChI=1S/C17H21FN6O2S/c1-2-24-9-12(18)16(22-24)27(19,26)23-17(25)21-15-10-5-3-7-13(10)20-14-8-4-6-11(14)15/h9H,2-8H2,1H3,(H3,19,20,21,23,25,26)/t27-/m1/s1. The summed E-state index contributed by atoms with van der Waals surface area (Å²) in [6.45, 7) is 2.14. The molecule has 0 fully saturated rings. The van der Waals surface area contributed by atoms with Gasteiger partial charge >= 0.3 is 6.03 Å². The van der Waals surface area contributed by atoms with Gasteiger partial charge in [-0.3, -0.25) is 9.67 Å². The predicted octanol–water partition coefficient (Wildman–Crippen LogP) is 2.35. The van der Waals surface area contributed by atoms with Crippen molar-refractivity contribution in [3.8, 4) is 0 Å². The summed E-state index contributed by atoms with van der Waals surface area (Å²) in [7, 11) is -3.79. The lowest BCUT2D eigenvalue weighted by molar-refractivity contribution is 0.260. The number of hydrogen-bond donors (Lipinski definition) is 2. The highest BCUT2D eigenvalue weighted by Gasteiger charge is 2.27. The van der Waals surface area contributed by atoms with Gasteiger partial charge < -0.3 is 5.32 Å². The third kappa shape index (κ3) is 3.23. The smallest absolute Gasteiger partial charge is 0.305 e. The van der Waals surface area contributed by atoms with E-state index in [4.69, 9.17) is 10.1 Å². The van der Waals surface area contributed by atoms with E-state index in [1.54, 1.807) is 6.92 Å². The Bertz CT molecular complexity index is 1020. The normalized spacial score (nSPS) is 17.3. The summed E-state index contributed by atoms with van der Waals surface area (Å²) in [5.74, 6) is -0.841. The molecule has 0 unspecified atom stereocenters. The Kier molecular flexibility index (Phi) is 4.47. The minimum Gasteiger partial charge on any atom is -0.305 e. The molecule has 10 heteroatoms. The Morgan fingerprint density at radius 3 is 2.48 bits per heavy atom. The fourth-order valence-corrected chi connectivity index (χ4v) is 4.70. The third-order valence-corrected chi connectivity index (χ3v) is 6.26. The number of halogens is 1. The van der Waals surface area contributed by atoms with Crippen LogP contribution in [0, 0.1) is 5.82 Å². The van der Waals surface area contributed by atoms with Crippen LogP contribution in [0.4, 0.5) is 14.9 Å². The van der Waals surface area contributed by atoms with Crippen LogP contribution in [0.3, 0.4) is 0 Å².